The van der Waals surface area contributed by atoms with Gasteiger partial charge in [-0.15, -0.1) is 71.8 Å². The molecule has 3 heterocycles. The number of nitrogens with zero attached hydrogens (tertiary/aromatic N) is 4. The van der Waals surface area contributed by atoms with Gasteiger partial charge in [-0.2, -0.15) is 0 Å². The van der Waals surface area contributed by atoms with Gasteiger partial charge in [0, 0.05) is 44.9 Å². The molecule has 5 aromatic rings. The fraction of sp³-hybridized carbons (Fsp3) is 0.0286. The molecule has 1 aliphatic rings. The van der Waals surface area contributed by atoms with Gasteiger partial charge in [-0.05, 0) is 47.3 Å². The number of hydrogen-bond donors (Lipinski definition) is 0. The number of allylic oxidation sites excluding steroid dienone is 1. The third-order valence-corrected chi connectivity index (χ3v) is 5.46. The Bertz CT molecular complexity index is 1320. The van der Waals surface area contributed by atoms with Crippen LogP contribution in [0.1, 0.15) is 5.56 Å². The van der Waals surface area contributed by atoms with Gasteiger partial charge in [0.1, 0.15) is 6.04 Å². The average Bonchev–Trinajstić information content (AvgIpc) is 3.57. The van der Waals surface area contributed by atoms with Crippen molar-refractivity contribution in [2.24, 2.45) is 9.98 Å². The van der Waals surface area contributed by atoms with Crippen molar-refractivity contribution in [3.8, 4) is 22.5 Å². The van der Waals surface area contributed by atoms with Crippen molar-refractivity contribution in [1.82, 2.24) is 9.97 Å². The van der Waals surface area contributed by atoms with E-state index in [0.29, 0.717) is 0 Å². The maximum atomic E-state index is 4.34. The molecular weight excluding hydrogens is 669 g/mol. The standard InChI is InChI=1S/C13H12N2.2C11H8N.Ir/c1-2-11-5-7-12(8-6-11)15-10-13-4-3-9-14-13;2*1-2-6-10(7-3-1)11-8-4-5-9-12-11;/h2-10,13H,1H2;2*1-6,8-9H;/q;2*-1;. The maximum Gasteiger partial charge on any atom is 0.103 e. The zero-order chi connectivity index (χ0) is 27.0. The van der Waals surface area contributed by atoms with Crippen molar-refractivity contribution in [2.75, 3.05) is 0 Å². The Morgan fingerprint density at radius 2 is 1.27 bits per heavy atom. The summed E-state index contributed by atoms with van der Waals surface area (Å²) in [6.07, 6.45) is 12.9. The summed E-state index contributed by atoms with van der Waals surface area (Å²) in [5.41, 5.74) is 6.07. The summed E-state index contributed by atoms with van der Waals surface area (Å²) in [4.78, 5) is 17.0. The summed E-state index contributed by atoms with van der Waals surface area (Å²) >= 11 is 0. The van der Waals surface area contributed by atoms with Gasteiger partial charge >= 0.3 is 0 Å². The summed E-state index contributed by atoms with van der Waals surface area (Å²) in [6.45, 7) is 3.70. The number of hydrogen-bond acceptors (Lipinski definition) is 4. The molecule has 3 aromatic carbocycles. The van der Waals surface area contributed by atoms with Crippen molar-refractivity contribution >= 4 is 24.2 Å². The van der Waals surface area contributed by atoms with Gasteiger partial charge in [0.2, 0.25) is 0 Å². The van der Waals surface area contributed by atoms with Crippen molar-refractivity contribution in [3.05, 3.63) is 158 Å². The molecule has 199 valence electrons. The van der Waals surface area contributed by atoms with Crippen LogP contribution < -0.4 is 0 Å². The van der Waals surface area contributed by atoms with Crippen LogP contribution in [0.25, 0.3) is 28.6 Å². The van der Waals surface area contributed by atoms with Crippen LogP contribution in [0.15, 0.2) is 150 Å². The maximum absolute atomic E-state index is 4.34. The molecule has 1 radical (unpaired) electrons. The van der Waals surface area contributed by atoms with E-state index in [4.69, 9.17) is 0 Å². The molecule has 0 fully saturated rings. The summed E-state index contributed by atoms with van der Waals surface area (Å²) < 4.78 is 0. The molecule has 0 amide bonds. The molecule has 0 saturated carbocycles. The minimum Gasteiger partial charge on any atom is -0.305 e. The van der Waals surface area contributed by atoms with Gasteiger partial charge in [-0.25, -0.2) is 0 Å². The Morgan fingerprint density at radius 3 is 1.70 bits per heavy atom. The predicted molar refractivity (Wildman–Crippen MR) is 163 cm³/mol. The first-order valence-electron chi connectivity index (χ1n) is 12.5. The molecule has 1 unspecified atom stereocenters. The number of benzene rings is 3. The Balaban J connectivity index is 0.000000165. The van der Waals surface area contributed by atoms with Crippen LogP contribution in [-0.2, 0) is 20.1 Å². The van der Waals surface area contributed by atoms with Crippen LogP contribution in [0, 0.1) is 12.1 Å². The summed E-state index contributed by atoms with van der Waals surface area (Å²) in [5.74, 6) is 0. The molecular formula is C35H28IrN4-2. The molecule has 4 nitrogen and oxygen atoms in total. The number of aromatic nitrogens is 2. The average molecular weight is 697 g/mol. The van der Waals surface area contributed by atoms with E-state index in [1.54, 1.807) is 18.6 Å². The molecule has 2 aromatic heterocycles. The largest absolute Gasteiger partial charge is 0.305 e. The summed E-state index contributed by atoms with van der Waals surface area (Å²) in [6, 6.07) is 41.7. The van der Waals surface area contributed by atoms with E-state index >= 15 is 0 Å². The van der Waals surface area contributed by atoms with Crippen LogP contribution in [0.2, 0.25) is 0 Å². The van der Waals surface area contributed by atoms with Gasteiger partial charge in [-0.1, -0.05) is 55.1 Å². The van der Waals surface area contributed by atoms with Crippen molar-refractivity contribution in [2.45, 2.75) is 6.04 Å². The number of pyridine rings is 2. The van der Waals surface area contributed by atoms with Crippen LogP contribution in [-0.4, -0.2) is 28.4 Å². The smallest absolute Gasteiger partial charge is 0.103 e. The molecule has 0 bridgehead atoms. The second kappa shape index (κ2) is 17.1. The number of rotatable bonds is 5. The Hall–Kier alpha value is -4.57. The van der Waals surface area contributed by atoms with Crippen LogP contribution in [0.3, 0.4) is 0 Å². The van der Waals surface area contributed by atoms with Crippen LogP contribution in [0.5, 0.6) is 0 Å². The second-order valence-electron chi connectivity index (χ2n) is 8.23. The van der Waals surface area contributed by atoms with Crippen molar-refractivity contribution < 1.29 is 20.1 Å². The van der Waals surface area contributed by atoms with Crippen molar-refractivity contribution in [1.29, 1.82) is 0 Å². The second-order valence-corrected chi connectivity index (χ2v) is 8.23. The van der Waals surface area contributed by atoms with E-state index in [2.05, 4.69) is 38.7 Å². The minimum atomic E-state index is 0. The van der Waals surface area contributed by atoms with Crippen molar-refractivity contribution in [3.63, 3.8) is 0 Å². The Kier molecular flexibility index (Phi) is 12.8. The summed E-state index contributed by atoms with van der Waals surface area (Å²) in [7, 11) is 0. The molecule has 6 rings (SSSR count). The molecule has 5 heteroatoms. The first kappa shape index (κ1) is 30.0. The molecule has 1 aliphatic heterocycles. The van der Waals surface area contributed by atoms with Gasteiger partial charge in [0.15, 0.2) is 0 Å². The van der Waals surface area contributed by atoms with Gasteiger partial charge in [-0.3, -0.25) is 9.98 Å². The van der Waals surface area contributed by atoms with E-state index in [-0.39, 0.29) is 26.1 Å². The topological polar surface area (TPSA) is 50.5 Å². The van der Waals surface area contributed by atoms with E-state index in [0.717, 1.165) is 33.8 Å². The van der Waals surface area contributed by atoms with Crippen LogP contribution in [0.4, 0.5) is 5.69 Å². The predicted octanol–water partition coefficient (Wildman–Crippen LogP) is 8.14. The molecule has 0 saturated heterocycles. The molecule has 0 spiro atoms. The molecule has 40 heavy (non-hydrogen) atoms. The van der Waals surface area contributed by atoms with E-state index < -0.39 is 0 Å². The zero-order valence-electron chi connectivity index (χ0n) is 21.8. The molecule has 1 atom stereocenters. The Morgan fingerprint density at radius 1 is 0.700 bits per heavy atom. The van der Waals surface area contributed by atoms with E-state index in [9.17, 15) is 0 Å². The van der Waals surface area contributed by atoms with Crippen LogP contribution >= 0.6 is 0 Å². The number of aliphatic imine (C=N–C) groups is 2. The fourth-order valence-corrected chi connectivity index (χ4v) is 3.46. The minimum absolute atomic E-state index is 0. The molecule has 0 N–H and O–H groups in total. The quantitative estimate of drug-likeness (QED) is 0.138. The fourth-order valence-electron chi connectivity index (χ4n) is 3.46. The van der Waals surface area contributed by atoms with E-state index in [1.165, 1.54) is 0 Å². The third kappa shape index (κ3) is 9.95. The van der Waals surface area contributed by atoms with E-state index in [1.807, 2.05) is 134 Å². The van der Waals surface area contributed by atoms with Gasteiger partial charge in [0.25, 0.3) is 0 Å². The normalized spacial score (nSPS) is 12.8. The third-order valence-electron chi connectivity index (χ3n) is 5.46. The molecule has 0 aliphatic carbocycles. The first-order chi connectivity index (χ1) is 19.3. The Labute approximate surface area is 250 Å². The van der Waals surface area contributed by atoms with Gasteiger partial charge in [0.05, 0.1) is 5.69 Å². The monoisotopic (exact) mass is 697 g/mol. The first-order valence-corrected chi connectivity index (χ1v) is 12.5. The SMILES string of the molecule is C=Cc1ccc(N=CC2C=CC=N2)cc1.[Ir].[c-]1ccccc1-c1ccccn1.[c-]1ccccc1-c1ccccn1. The zero-order valence-corrected chi connectivity index (χ0v) is 24.2. The summed E-state index contributed by atoms with van der Waals surface area (Å²) in [5, 5.41) is 0. The van der Waals surface area contributed by atoms with Gasteiger partial charge < -0.3 is 9.97 Å².